The van der Waals surface area contributed by atoms with Gasteiger partial charge in [-0.05, 0) is 48.4 Å². The second-order valence-electron chi connectivity index (χ2n) is 4.89. The third kappa shape index (κ3) is 2.59. The highest BCUT2D eigenvalue weighted by molar-refractivity contribution is 7.10. The summed E-state index contributed by atoms with van der Waals surface area (Å²) in [5, 5.41) is 2.12. The van der Waals surface area contributed by atoms with Crippen molar-refractivity contribution < 1.29 is 4.74 Å². The topological polar surface area (TPSA) is 47.3 Å². The first kappa shape index (κ1) is 15.0. The van der Waals surface area contributed by atoms with Crippen LogP contribution in [-0.2, 0) is 6.42 Å². The normalized spacial score (nSPS) is 12.4. The molecule has 1 aromatic carbocycles. The summed E-state index contributed by atoms with van der Waals surface area (Å²) in [6.07, 6.45) is 1.00. The maximum absolute atomic E-state index is 5.83. The summed E-state index contributed by atoms with van der Waals surface area (Å²) in [7, 11) is 1.72. The smallest absolute Gasteiger partial charge is 0.127 e. The second kappa shape index (κ2) is 6.39. The summed E-state index contributed by atoms with van der Waals surface area (Å²) in [5.74, 6) is 6.75. The summed E-state index contributed by atoms with van der Waals surface area (Å²) in [6, 6.07) is 6.36. The fourth-order valence-electron chi connectivity index (χ4n) is 2.51. The van der Waals surface area contributed by atoms with Gasteiger partial charge in [0.05, 0.1) is 13.2 Å². The predicted octanol–water partition coefficient (Wildman–Crippen LogP) is 3.49. The third-order valence-corrected chi connectivity index (χ3v) is 4.84. The maximum Gasteiger partial charge on any atom is 0.127 e. The van der Waals surface area contributed by atoms with E-state index < -0.39 is 0 Å². The Bertz CT molecular complexity index is 592. The first-order chi connectivity index (χ1) is 9.63. The van der Waals surface area contributed by atoms with Crippen LogP contribution in [0.5, 0.6) is 5.75 Å². The van der Waals surface area contributed by atoms with Gasteiger partial charge < -0.3 is 4.74 Å². The SMILES string of the molecule is CCc1ccsc1C(NN)c1ccc(C)c(C)c1OC. The molecule has 0 saturated carbocycles. The van der Waals surface area contributed by atoms with Crippen LogP contribution in [0, 0.1) is 13.8 Å². The van der Waals surface area contributed by atoms with Crippen molar-refractivity contribution in [2.24, 2.45) is 5.84 Å². The van der Waals surface area contributed by atoms with E-state index in [1.54, 1.807) is 18.4 Å². The molecule has 0 radical (unpaired) electrons. The lowest BCUT2D eigenvalue weighted by molar-refractivity contribution is 0.401. The van der Waals surface area contributed by atoms with E-state index in [2.05, 4.69) is 49.8 Å². The lowest BCUT2D eigenvalue weighted by Gasteiger charge is -2.21. The largest absolute Gasteiger partial charge is 0.496 e. The van der Waals surface area contributed by atoms with Crippen LogP contribution in [0.25, 0.3) is 0 Å². The Morgan fingerprint density at radius 3 is 2.65 bits per heavy atom. The van der Waals surface area contributed by atoms with E-state index in [0.717, 1.165) is 17.7 Å². The van der Waals surface area contributed by atoms with Gasteiger partial charge in [-0.3, -0.25) is 5.84 Å². The molecule has 0 saturated heterocycles. The van der Waals surface area contributed by atoms with E-state index >= 15 is 0 Å². The number of hydrazine groups is 1. The molecule has 0 aliphatic heterocycles. The van der Waals surface area contributed by atoms with Crippen molar-refractivity contribution in [3.05, 3.63) is 50.7 Å². The average molecular weight is 290 g/mol. The molecule has 3 N–H and O–H groups in total. The minimum absolute atomic E-state index is 0.0285. The average Bonchev–Trinajstić information content (AvgIpc) is 2.92. The number of benzene rings is 1. The van der Waals surface area contributed by atoms with Crippen LogP contribution in [0.2, 0.25) is 0 Å². The standard InChI is InChI=1S/C16H22N2OS/c1-5-12-8-9-20-16(12)14(18-17)13-7-6-10(2)11(3)15(13)19-4/h6-9,14,18H,5,17H2,1-4H3. The van der Waals surface area contributed by atoms with Gasteiger partial charge in [-0.15, -0.1) is 11.3 Å². The predicted molar refractivity (Wildman–Crippen MR) is 85.3 cm³/mol. The van der Waals surface area contributed by atoms with Crippen molar-refractivity contribution in [1.82, 2.24) is 5.43 Å². The molecule has 2 rings (SSSR count). The zero-order valence-corrected chi connectivity index (χ0v) is 13.3. The Kier molecular flexibility index (Phi) is 4.81. The molecule has 1 unspecified atom stereocenters. The Balaban J connectivity index is 2.55. The molecule has 0 spiro atoms. The first-order valence-corrected chi connectivity index (χ1v) is 7.68. The Morgan fingerprint density at radius 2 is 2.05 bits per heavy atom. The van der Waals surface area contributed by atoms with Gasteiger partial charge in [0.25, 0.3) is 0 Å². The number of hydrogen-bond acceptors (Lipinski definition) is 4. The minimum Gasteiger partial charge on any atom is -0.496 e. The Morgan fingerprint density at radius 1 is 1.30 bits per heavy atom. The highest BCUT2D eigenvalue weighted by Crippen LogP contribution is 2.37. The van der Waals surface area contributed by atoms with Crippen LogP contribution in [-0.4, -0.2) is 7.11 Å². The lowest BCUT2D eigenvalue weighted by Crippen LogP contribution is -2.29. The van der Waals surface area contributed by atoms with Crippen molar-refractivity contribution in [3.8, 4) is 5.75 Å². The van der Waals surface area contributed by atoms with Gasteiger partial charge in [-0.1, -0.05) is 19.1 Å². The molecule has 0 aliphatic carbocycles. The molecular weight excluding hydrogens is 268 g/mol. The molecule has 0 bridgehead atoms. The molecule has 1 aromatic heterocycles. The minimum atomic E-state index is -0.0285. The van der Waals surface area contributed by atoms with E-state index in [1.165, 1.54) is 21.6 Å². The maximum atomic E-state index is 5.83. The number of thiophene rings is 1. The van der Waals surface area contributed by atoms with Crippen LogP contribution in [0.1, 0.15) is 40.1 Å². The molecule has 1 heterocycles. The van der Waals surface area contributed by atoms with Gasteiger partial charge in [-0.2, -0.15) is 0 Å². The molecule has 2 aromatic rings. The number of hydrogen-bond donors (Lipinski definition) is 2. The van der Waals surface area contributed by atoms with Crippen molar-refractivity contribution in [2.75, 3.05) is 7.11 Å². The van der Waals surface area contributed by atoms with Gasteiger partial charge in [0.1, 0.15) is 5.75 Å². The van der Waals surface area contributed by atoms with Crippen LogP contribution in [0.3, 0.4) is 0 Å². The van der Waals surface area contributed by atoms with Crippen molar-refractivity contribution in [3.63, 3.8) is 0 Å². The molecule has 20 heavy (non-hydrogen) atoms. The van der Waals surface area contributed by atoms with E-state index in [-0.39, 0.29) is 6.04 Å². The van der Waals surface area contributed by atoms with Crippen LogP contribution >= 0.6 is 11.3 Å². The molecule has 0 amide bonds. The zero-order chi connectivity index (χ0) is 14.7. The van der Waals surface area contributed by atoms with Crippen molar-refractivity contribution >= 4 is 11.3 Å². The van der Waals surface area contributed by atoms with Gasteiger partial charge in [0, 0.05) is 10.4 Å². The van der Waals surface area contributed by atoms with Crippen molar-refractivity contribution in [2.45, 2.75) is 33.2 Å². The summed E-state index contributed by atoms with van der Waals surface area (Å²) < 4.78 is 5.62. The monoisotopic (exact) mass is 290 g/mol. The number of ether oxygens (including phenoxy) is 1. The highest BCUT2D eigenvalue weighted by Gasteiger charge is 2.22. The quantitative estimate of drug-likeness (QED) is 0.654. The molecule has 0 aliphatic rings. The number of nitrogens with one attached hydrogen (secondary N) is 1. The van der Waals surface area contributed by atoms with Crippen LogP contribution in [0.4, 0.5) is 0 Å². The van der Waals surface area contributed by atoms with E-state index in [1.807, 2.05) is 0 Å². The first-order valence-electron chi connectivity index (χ1n) is 6.80. The van der Waals surface area contributed by atoms with E-state index in [9.17, 15) is 0 Å². The van der Waals surface area contributed by atoms with Gasteiger partial charge in [-0.25, -0.2) is 5.43 Å². The summed E-state index contributed by atoms with van der Waals surface area (Å²) in [4.78, 5) is 1.26. The van der Waals surface area contributed by atoms with Crippen molar-refractivity contribution in [1.29, 1.82) is 0 Å². The molecule has 108 valence electrons. The molecule has 3 nitrogen and oxygen atoms in total. The Labute approximate surface area is 124 Å². The summed E-state index contributed by atoms with van der Waals surface area (Å²) in [5.41, 5.74) is 7.76. The fraction of sp³-hybridized carbons (Fsp3) is 0.375. The van der Waals surface area contributed by atoms with E-state index in [0.29, 0.717) is 0 Å². The highest BCUT2D eigenvalue weighted by atomic mass is 32.1. The zero-order valence-electron chi connectivity index (χ0n) is 12.5. The number of methoxy groups -OCH3 is 1. The summed E-state index contributed by atoms with van der Waals surface area (Å²) >= 11 is 1.73. The number of rotatable bonds is 5. The third-order valence-electron chi connectivity index (χ3n) is 3.81. The van der Waals surface area contributed by atoms with Crippen LogP contribution < -0.4 is 16.0 Å². The second-order valence-corrected chi connectivity index (χ2v) is 5.84. The van der Waals surface area contributed by atoms with Gasteiger partial charge in [0.2, 0.25) is 0 Å². The number of nitrogens with two attached hydrogens (primary N) is 1. The molecule has 0 fully saturated rings. The molecule has 4 heteroatoms. The van der Waals surface area contributed by atoms with E-state index in [4.69, 9.17) is 10.6 Å². The molecular formula is C16H22N2OS. The lowest BCUT2D eigenvalue weighted by atomic mass is 9.96. The fourth-order valence-corrected chi connectivity index (χ4v) is 3.58. The summed E-state index contributed by atoms with van der Waals surface area (Å²) in [6.45, 7) is 6.34. The van der Waals surface area contributed by atoms with Gasteiger partial charge in [0.15, 0.2) is 0 Å². The van der Waals surface area contributed by atoms with Crippen LogP contribution in [0.15, 0.2) is 23.6 Å². The van der Waals surface area contributed by atoms with Gasteiger partial charge >= 0.3 is 0 Å². The Hall–Kier alpha value is -1.36. The molecule has 1 atom stereocenters. The number of aryl methyl sites for hydroxylation is 2.